The van der Waals surface area contributed by atoms with Crippen LogP contribution in [-0.2, 0) is 0 Å². The predicted molar refractivity (Wildman–Crippen MR) is 69.7 cm³/mol. The lowest BCUT2D eigenvalue weighted by Gasteiger charge is -2.26. The summed E-state index contributed by atoms with van der Waals surface area (Å²) in [6.45, 7) is 2.07. The number of aliphatic hydroxyl groups excluding tert-OH is 1. The van der Waals surface area contributed by atoms with E-state index in [2.05, 4.69) is 13.0 Å². The van der Waals surface area contributed by atoms with Gasteiger partial charge in [0.05, 0.1) is 6.10 Å². The number of rotatable bonds is 2. The number of benzene rings is 1. The molecule has 0 aliphatic carbocycles. The molecule has 1 nitrogen and oxygen atoms in total. The fourth-order valence-electron chi connectivity index (χ4n) is 1.81. The monoisotopic (exact) mass is 240 g/mol. The van der Waals surface area contributed by atoms with Crippen LogP contribution < -0.4 is 0 Å². The number of hydrogen-bond donors (Lipinski definition) is 1. The van der Waals surface area contributed by atoms with Crippen molar-refractivity contribution in [3.63, 3.8) is 0 Å². The Hall–Kier alpha value is -0.120. The van der Waals surface area contributed by atoms with Gasteiger partial charge in [0, 0.05) is 22.5 Å². The second kappa shape index (κ2) is 5.28. The van der Waals surface area contributed by atoms with Gasteiger partial charge in [-0.2, -0.15) is 23.5 Å². The maximum absolute atomic E-state index is 10.3. The Morgan fingerprint density at radius 3 is 2.80 bits per heavy atom. The van der Waals surface area contributed by atoms with Gasteiger partial charge in [0.15, 0.2) is 0 Å². The summed E-state index contributed by atoms with van der Waals surface area (Å²) in [6.07, 6.45) is -0.302. The van der Waals surface area contributed by atoms with E-state index in [0.29, 0.717) is 5.25 Å². The van der Waals surface area contributed by atoms with Gasteiger partial charge < -0.3 is 5.11 Å². The number of thioether (sulfide) groups is 2. The predicted octanol–water partition coefficient (Wildman–Crippen LogP) is 2.88. The minimum atomic E-state index is -0.302. The van der Waals surface area contributed by atoms with Gasteiger partial charge in [-0.25, -0.2) is 0 Å². The fourth-order valence-corrected chi connectivity index (χ4v) is 4.55. The molecule has 1 aromatic carbocycles. The summed E-state index contributed by atoms with van der Waals surface area (Å²) in [5.41, 5.74) is 2.29. The highest BCUT2D eigenvalue weighted by atomic mass is 32.2. The molecular weight excluding hydrogens is 224 g/mol. The molecule has 1 saturated heterocycles. The van der Waals surface area contributed by atoms with Crippen LogP contribution in [0.15, 0.2) is 24.3 Å². The Bertz CT molecular complexity index is 321. The molecule has 2 atom stereocenters. The molecule has 0 bridgehead atoms. The van der Waals surface area contributed by atoms with Crippen molar-refractivity contribution in [2.75, 3.05) is 17.3 Å². The number of hydrogen-bond acceptors (Lipinski definition) is 3. The van der Waals surface area contributed by atoms with Crippen molar-refractivity contribution in [3.05, 3.63) is 35.4 Å². The standard InChI is InChI=1S/C12H16OS2/c1-9-4-2-3-5-10(9)12(13)11-8-14-6-7-15-11/h2-5,11-13H,6-8H2,1H3. The highest BCUT2D eigenvalue weighted by Crippen LogP contribution is 2.34. The van der Waals surface area contributed by atoms with Crippen LogP contribution in [0.1, 0.15) is 17.2 Å². The van der Waals surface area contributed by atoms with Crippen molar-refractivity contribution >= 4 is 23.5 Å². The van der Waals surface area contributed by atoms with Crippen LogP contribution in [-0.4, -0.2) is 27.6 Å². The first-order valence-electron chi connectivity index (χ1n) is 5.22. The molecule has 1 heterocycles. The third-order valence-corrected chi connectivity index (χ3v) is 5.55. The van der Waals surface area contributed by atoms with Crippen molar-refractivity contribution in [2.45, 2.75) is 18.3 Å². The molecule has 1 N–H and O–H groups in total. The molecule has 0 saturated carbocycles. The van der Waals surface area contributed by atoms with E-state index in [9.17, 15) is 5.11 Å². The Balaban J connectivity index is 2.12. The summed E-state index contributed by atoms with van der Waals surface area (Å²) in [4.78, 5) is 0. The fraction of sp³-hybridized carbons (Fsp3) is 0.500. The topological polar surface area (TPSA) is 20.2 Å². The molecule has 0 spiro atoms. The zero-order valence-corrected chi connectivity index (χ0v) is 10.5. The quantitative estimate of drug-likeness (QED) is 0.858. The van der Waals surface area contributed by atoms with Gasteiger partial charge in [-0.15, -0.1) is 0 Å². The van der Waals surface area contributed by atoms with E-state index in [1.165, 1.54) is 11.3 Å². The van der Waals surface area contributed by atoms with E-state index in [4.69, 9.17) is 0 Å². The summed E-state index contributed by atoms with van der Waals surface area (Å²) < 4.78 is 0. The SMILES string of the molecule is Cc1ccccc1C(O)C1CSCCS1. The van der Waals surface area contributed by atoms with Gasteiger partial charge in [-0.05, 0) is 18.1 Å². The lowest BCUT2D eigenvalue weighted by Crippen LogP contribution is -2.22. The first-order valence-corrected chi connectivity index (χ1v) is 7.42. The summed E-state index contributed by atoms with van der Waals surface area (Å²) >= 11 is 3.86. The Kier molecular flexibility index (Phi) is 4.00. The van der Waals surface area contributed by atoms with Gasteiger partial charge in [-0.1, -0.05) is 24.3 Å². The summed E-state index contributed by atoms with van der Waals surface area (Å²) in [7, 11) is 0. The van der Waals surface area contributed by atoms with E-state index in [0.717, 1.165) is 17.1 Å². The highest BCUT2D eigenvalue weighted by molar-refractivity contribution is 8.06. The van der Waals surface area contributed by atoms with Crippen LogP contribution in [0.2, 0.25) is 0 Å². The maximum Gasteiger partial charge on any atom is 0.0919 e. The maximum atomic E-state index is 10.3. The van der Waals surface area contributed by atoms with E-state index in [1.54, 1.807) is 0 Å². The van der Waals surface area contributed by atoms with E-state index in [-0.39, 0.29) is 6.10 Å². The molecule has 1 aliphatic rings. The molecule has 1 aliphatic heterocycles. The second-order valence-corrected chi connectivity index (χ2v) is 6.28. The molecule has 1 fully saturated rings. The third-order valence-electron chi connectivity index (χ3n) is 2.70. The van der Waals surface area contributed by atoms with E-state index >= 15 is 0 Å². The van der Waals surface area contributed by atoms with Crippen molar-refractivity contribution < 1.29 is 5.11 Å². The molecule has 0 aromatic heterocycles. The van der Waals surface area contributed by atoms with Gasteiger partial charge in [0.25, 0.3) is 0 Å². The van der Waals surface area contributed by atoms with Crippen molar-refractivity contribution in [3.8, 4) is 0 Å². The first kappa shape index (κ1) is 11.4. The molecule has 2 unspecified atom stereocenters. The second-order valence-electron chi connectivity index (χ2n) is 3.79. The Morgan fingerprint density at radius 2 is 2.13 bits per heavy atom. The molecule has 3 heteroatoms. The first-order chi connectivity index (χ1) is 7.29. The Labute approximate surface area is 99.7 Å². The molecule has 2 rings (SSSR count). The molecule has 82 valence electrons. The van der Waals surface area contributed by atoms with Crippen LogP contribution >= 0.6 is 23.5 Å². The molecule has 1 aromatic rings. The summed E-state index contributed by atoms with van der Waals surface area (Å²) in [5.74, 6) is 3.46. The highest BCUT2D eigenvalue weighted by Gasteiger charge is 2.24. The van der Waals surface area contributed by atoms with Crippen molar-refractivity contribution in [2.24, 2.45) is 0 Å². The van der Waals surface area contributed by atoms with Crippen LogP contribution in [0, 0.1) is 6.92 Å². The average Bonchev–Trinajstić information content (AvgIpc) is 2.30. The van der Waals surface area contributed by atoms with Crippen LogP contribution in [0.5, 0.6) is 0 Å². The normalized spacial score (nSPS) is 23.7. The molecule has 0 radical (unpaired) electrons. The number of aliphatic hydroxyl groups is 1. The molecule has 15 heavy (non-hydrogen) atoms. The van der Waals surface area contributed by atoms with E-state index < -0.39 is 0 Å². The van der Waals surface area contributed by atoms with Crippen LogP contribution in [0.3, 0.4) is 0 Å². The summed E-state index contributed by atoms with van der Waals surface area (Å²) in [6, 6.07) is 8.14. The van der Waals surface area contributed by atoms with Gasteiger partial charge in [0.1, 0.15) is 0 Å². The number of aryl methyl sites for hydroxylation is 1. The van der Waals surface area contributed by atoms with Gasteiger partial charge in [0.2, 0.25) is 0 Å². The van der Waals surface area contributed by atoms with Crippen molar-refractivity contribution in [1.29, 1.82) is 0 Å². The minimum absolute atomic E-state index is 0.302. The van der Waals surface area contributed by atoms with Crippen LogP contribution in [0.25, 0.3) is 0 Å². The smallest absolute Gasteiger partial charge is 0.0919 e. The zero-order valence-electron chi connectivity index (χ0n) is 8.85. The average molecular weight is 240 g/mol. The van der Waals surface area contributed by atoms with Crippen LogP contribution in [0.4, 0.5) is 0 Å². The minimum Gasteiger partial charge on any atom is -0.387 e. The molecule has 0 amide bonds. The van der Waals surface area contributed by atoms with Gasteiger partial charge >= 0.3 is 0 Å². The van der Waals surface area contributed by atoms with Crippen molar-refractivity contribution in [1.82, 2.24) is 0 Å². The zero-order chi connectivity index (χ0) is 10.7. The van der Waals surface area contributed by atoms with Gasteiger partial charge in [-0.3, -0.25) is 0 Å². The lowest BCUT2D eigenvalue weighted by molar-refractivity contribution is 0.180. The third kappa shape index (κ3) is 2.71. The van der Waals surface area contributed by atoms with E-state index in [1.807, 2.05) is 41.7 Å². The lowest BCUT2D eigenvalue weighted by atomic mass is 10.0. The largest absolute Gasteiger partial charge is 0.387 e. The molecular formula is C12H16OS2. The Morgan fingerprint density at radius 1 is 1.33 bits per heavy atom. The summed E-state index contributed by atoms with van der Waals surface area (Å²) in [5, 5.41) is 10.7.